The summed E-state index contributed by atoms with van der Waals surface area (Å²) in [5, 5.41) is 58.2. The van der Waals surface area contributed by atoms with Crippen molar-refractivity contribution in [3.05, 3.63) is 70.3 Å². The van der Waals surface area contributed by atoms with Gasteiger partial charge in [-0.3, -0.25) is 0 Å². The molecule has 7 heteroatoms. The summed E-state index contributed by atoms with van der Waals surface area (Å²) in [6.45, 7) is -0.544. The number of rotatable bonds is 5. The maximum atomic E-state index is 10.3. The highest BCUT2D eigenvalue weighted by atomic mass is 16.5. The lowest BCUT2D eigenvalue weighted by Gasteiger charge is -2.40. The molecular formula is C21H23NO6. The molecule has 148 valence electrons. The third-order valence-electron chi connectivity index (χ3n) is 5.07. The second-order valence-corrected chi connectivity index (χ2v) is 6.93. The van der Waals surface area contributed by atoms with Gasteiger partial charge < -0.3 is 30.3 Å². The van der Waals surface area contributed by atoms with E-state index in [0.717, 1.165) is 11.1 Å². The molecule has 1 heterocycles. The van der Waals surface area contributed by atoms with Crippen molar-refractivity contribution < 1.29 is 30.3 Å². The molecule has 5 atom stereocenters. The first-order valence-corrected chi connectivity index (χ1v) is 9.00. The summed E-state index contributed by atoms with van der Waals surface area (Å²) >= 11 is 0. The van der Waals surface area contributed by atoms with Crippen LogP contribution >= 0.6 is 0 Å². The van der Waals surface area contributed by atoms with Crippen LogP contribution in [0.15, 0.2) is 42.5 Å². The van der Waals surface area contributed by atoms with Gasteiger partial charge >= 0.3 is 0 Å². The summed E-state index contributed by atoms with van der Waals surface area (Å²) in [6, 6.07) is 14.5. The lowest BCUT2D eigenvalue weighted by atomic mass is 9.89. The van der Waals surface area contributed by atoms with E-state index >= 15 is 0 Å². The zero-order valence-corrected chi connectivity index (χ0v) is 15.1. The van der Waals surface area contributed by atoms with E-state index in [1.807, 2.05) is 24.3 Å². The minimum atomic E-state index is -1.46. The number of aliphatic hydroxyl groups excluding tert-OH is 5. The van der Waals surface area contributed by atoms with Gasteiger partial charge in [0, 0.05) is 0 Å². The summed E-state index contributed by atoms with van der Waals surface area (Å²) in [6.07, 6.45) is -5.73. The largest absolute Gasteiger partial charge is 0.394 e. The van der Waals surface area contributed by atoms with Crippen LogP contribution in [-0.4, -0.2) is 56.6 Å². The smallest absolute Gasteiger partial charge is 0.113 e. The molecule has 1 aliphatic heterocycles. The number of hydrogen-bond acceptors (Lipinski definition) is 7. The Labute approximate surface area is 162 Å². The van der Waals surface area contributed by atoms with Crippen molar-refractivity contribution in [1.29, 1.82) is 5.26 Å². The van der Waals surface area contributed by atoms with E-state index in [0.29, 0.717) is 23.1 Å². The lowest BCUT2D eigenvalue weighted by Crippen LogP contribution is -2.55. The fourth-order valence-corrected chi connectivity index (χ4v) is 3.41. The number of benzene rings is 2. The van der Waals surface area contributed by atoms with Gasteiger partial charge in [-0.15, -0.1) is 0 Å². The molecule has 2 aromatic carbocycles. The molecule has 1 fully saturated rings. The molecule has 0 radical (unpaired) electrons. The van der Waals surface area contributed by atoms with Crippen LogP contribution in [0.3, 0.4) is 0 Å². The number of aliphatic hydroxyl groups is 5. The fraction of sp³-hybridized carbons (Fsp3) is 0.381. The number of hydrogen-bond donors (Lipinski definition) is 5. The molecule has 0 aliphatic carbocycles. The molecule has 0 saturated carbocycles. The van der Waals surface area contributed by atoms with Gasteiger partial charge in [0.05, 0.1) is 24.8 Å². The van der Waals surface area contributed by atoms with Crippen LogP contribution in [0.5, 0.6) is 0 Å². The molecule has 0 aromatic heterocycles. The topological polar surface area (TPSA) is 134 Å². The zero-order valence-electron chi connectivity index (χ0n) is 15.1. The Morgan fingerprint density at radius 1 is 0.893 bits per heavy atom. The number of nitriles is 1. The van der Waals surface area contributed by atoms with Gasteiger partial charge in [-0.1, -0.05) is 36.4 Å². The van der Waals surface area contributed by atoms with E-state index in [2.05, 4.69) is 6.07 Å². The third kappa shape index (κ3) is 4.08. The predicted molar refractivity (Wildman–Crippen MR) is 99.0 cm³/mol. The molecular weight excluding hydrogens is 362 g/mol. The van der Waals surface area contributed by atoms with Gasteiger partial charge in [-0.05, 0) is 34.7 Å². The maximum Gasteiger partial charge on any atom is 0.113 e. The van der Waals surface area contributed by atoms with Crippen molar-refractivity contribution in [3.8, 4) is 6.07 Å². The average molecular weight is 385 g/mol. The molecule has 5 N–H and O–H groups in total. The van der Waals surface area contributed by atoms with E-state index in [9.17, 15) is 25.7 Å². The molecule has 0 spiro atoms. The molecule has 7 nitrogen and oxygen atoms in total. The highest BCUT2D eigenvalue weighted by Gasteiger charge is 2.44. The van der Waals surface area contributed by atoms with Gasteiger partial charge in [0.2, 0.25) is 0 Å². The fourth-order valence-electron chi connectivity index (χ4n) is 3.41. The molecule has 3 rings (SSSR count). The minimum Gasteiger partial charge on any atom is -0.394 e. The van der Waals surface area contributed by atoms with E-state index < -0.39 is 37.1 Å². The summed E-state index contributed by atoms with van der Waals surface area (Å²) in [5.74, 6) is 0. The van der Waals surface area contributed by atoms with E-state index in [4.69, 9.17) is 9.84 Å². The molecule has 1 unspecified atom stereocenters. The van der Waals surface area contributed by atoms with Crippen LogP contribution in [-0.2, 0) is 17.8 Å². The predicted octanol–water partition coefficient (Wildman–Crippen LogP) is 0.156. The van der Waals surface area contributed by atoms with Crippen LogP contribution in [0.4, 0.5) is 0 Å². The Hall–Kier alpha value is -2.31. The standard InChI is InChI=1S/C21H23NO6/c22-9-15-6-5-14(21-20(27)19(26)18(25)17(11-24)28-21)8-16(15)7-12-1-3-13(10-23)4-2-12/h1-6,8,17-21,23-27H,7,10-11H2/t17-,18-,19?,20-,21+/m1/s1. The van der Waals surface area contributed by atoms with Gasteiger partial charge in [-0.25, -0.2) is 0 Å². The number of nitrogens with zero attached hydrogens (tertiary/aromatic N) is 1. The Morgan fingerprint density at radius 2 is 1.57 bits per heavy atom. The molecule has 0 amide bonds. The highest BCUT2D eigenvalue weighted by Crippen LogP contribution is 2.33. The van der Waals surface area contributed by atoms with E-state index in [-0.39, 0.29) is 6.61 Å². The second kappa shape index (κ2) is 8.80. The summed E-state index contributed by atoms with van der Waals surface area (Å²) < 4.78 is 5.60. The minimum absolute atomic E-state index is 0.0453. The Bertz CT molecular complexity index is 845. The molecule has 1 aliphatic rings. The molecule has 0 bridgehead atoms. The van der Waals surface area contributed by atoms with Crippen molar-refractivity contribution in [1.82, 2.24) is 0 Å². The molecule has 2 aromatic rings. The quantitative estimate of drug-likeness (QED) is 0.495. The van der Waals surface area contributed by atoms with Crippen molar-refractivity contribution >= 4 is 0 Å². The first kappa shape index (κ1) is 20.4. The lowest BCUT2D eigenvalue weighted by molar-refractivity contribution is -0.231. The van der Waals surface area contributed by atoms with Crippen LogP contribution in [0.1, 0.15) is 33.9 Å². The van der Waals surface area contributed by atoms with Crippen molar-refractivity contribution in [2.24, 2.45) is 0 Å². The van der Waals surface area contributed by atoms with Crippen molar-refractivity contribution in [3.63, 3.8) is 0 Å². The van der Waals surface area contributed by atoms with E-state index in [1.165, 1.54) is 0 Å². The summed E-state index contributed by atoms with van der Waals surface area (Å²) in [5.41, 5.74) is 3.46. The Balaban J connectivity index is 1.90. The Morgan fingerprint density at radius 3 is 2.18 bits per heavy atom. The van der Waals surface area contributed by atoms with E-state index in [1.54, 1.807) is 18.2 Å². The summed E-state index contributed by atoms with van der Waals surface area (Å²) in [7, 11) is 0. The van der Waals surface area contributed by atoms with Crippen molar-refractivity contribution in [2.75, 3.05) is 6.61 Å². The van der Waals surface area contributed by atoms with Gasteiger partial charge in [0.1, 0.15) is 30.5 Å². The molecule has 28 heavy (non-hydrogen) atoms. The van der Waals surface area contributed by atoms with Crippen LogP contribution in [0, 0.1) is 11.3 Å². The SMILES string of the molecule is N#Cc1ccc([C@@H]2O[C@H](CO)[C@@H](O)C(O)[C@H]2O)cc1Cc1ccc(CO)cc1. The molecule has 1 saturated heterocycles. The van der Waals surface area contributed by atoms with Crippen LogP contribution in [0.25, 0.3) is 0 Å². The van der Waals surface area contributed by atoms with Gasteiger partial charge in [-0.2, -0.15) is 5.26 Å². The highest BCUT2D eigenvalue weighted by molar-refractivity contribution is 5.44. The van der Waals surface area contributed by atoms with Crippen LogP contribution in [0.2, 0.25) is 0 Å². The summed E-state index contributed by atoms with van der Waals surface area (Å²) in [4.78, 5) is 0. The first-order chi connectivity index (χ1) is 13.5. The maximum absolute atomic E-state index is 10.3. The number of ether oxygens (including phenoxy) is 1. The average Bonchev–Trinajstić information content (AvgIpc) is 2.73. The van der Waals surface area contributed by atoms with Gasteiger partial charge in [0.15, 0.2) is 0 Å². The van der Waals surface area contributed by atoms with Crippen LogP contribution < -0.4 is 0 Å². The monoisotopic (exact) mass is 385 g/mol. The third-order valence-corrected chi connectivity index (χ3v) is 5.07. The van der Waals surface area contributed by atoms with Gasteiger partial charge in [0.25, 0.3) is 0 Å². The van der Waals surface area contributed by atoms with Crippen molar-refractivity contribution in [2.45, 2.75) is 43.5 Å². The normalized spacial score (nSPS) is 27.4. The second-order valence-electron chi connectivity index (χ2n) is 6.93. The first-order valence-electron chi connectivity index (χ1n) is 9.00. The Kier molecular flexibility index (Phi) is 6.42. The zero-order chi connectivity index (χ0) is 20.3.